The van der Waals surface area contributed by atoms with Gasteiger partial charge in [0.2, 0.25) is 0 Å². The molecule has 152 valence electrons. The summed E-state index contributed by atoms with van der Waals surface area (Å²) in [6, 6.07) is 14.4. The van der Waals surface area contributed by atoms with E-state index < -0.39 is 0 Å². The summed E-state index contributed by atoms with van der Waals surface area (Å²) >= 11 is 1.78. The summed E-state index contributed by atoms with van der Waals surface area (Å²) in [7, 11) is 0. The first-order valence-electron chi connectivity index (χ1n) is 9.99. The van der Waals surface area contributed by atoms with E-state index in [-0.39, 0.29) is 0 Å². The van der Waals surface area contributed by atoms with Crippen molar-refractivity contribution in [2.24, 2.45) is 0 Å². The summed E-state index contributed by atoms with van der Waals surface area (Å²) in [6.45, 7) is 8.11. The lowest BCUT2D eigenvalue weighted by atomic mass is 10.0. The van der Waals surface area contributed by atoms with Crippen LogP contribution in [0.1, 0.15) is 21.0 Å². The molecule has 0 atom stereocenters. The third-order valence-corrected chi connectivity index (χ3v) is 6.25. The zero-order chi connectivity index (χ0) is 21.4. The van der Waals surface area contributed by atoms with E-state index >= 15 is 0 Å². The zero-order valence-corrected chi connectivity index (χ0v) is 18.1. The fourth-order valence-corrected chi connectivity index (χ4v) is 4.64. The van der Waals surface area contributed by atoms with Crippen molar-refractivity contribution in [3.05, 3.63) is 94.6 Å². The van der Waals surface area contributed by atoms with Crippen molar-refractivity contribution in [3.63, 3.8) is 0 Å². The molecule has 5 aromatic heterocycles. The molecule has 2 N–H and O–H groups in total. The summed E-state index contributed by atoms with van der Waals surface area (Å²) in [5.41, 5.74) is 8.66. The van der Waals surface area contributed by atoms with E-state index in [0.717, 1.165) is 50.5 Å². The molecule has 5 heterocycles. The highest BCUT2D eigenvalue weighted by molar-refractivity contribution is 7.13. The maximum absolute atomic E-state index is 4.88. The van der Waals surface area contributed by atoms with Crippen LogP contribution in [0.5, 0.6) is 0 Å². The van der Waals surface area contributed by atoms with Crippen molar-refractivity contribution in [2.45, 2.75) is 13.8 Å². The number of thiophene rings is 1. The lowest BCUT2D eigenvalue weighted by Crippen LogP contribution is -1.86. The first kappa shape index (κ1) is 19.2. The number of hydrogen-bond donors (Lipinski definition) is 2. The van der Waals surface area contributed by atoms with Gasteiger partial charge in [0, 0.05) is 44.5 Å². The summed E-state index contributed by atoms with van der Waals surface area (Å²) < 4.78 is 0. The molecule has 0 saturated carbocycles. The fourth-order valence-electron chi connectivity index (χ4n) is 3.73. The summed E-state index contributed by atoms with van der Waals surface area (Å²) in [6.07, 6.45) is 7.48. The van der Waals surface area contributed by atoms with Crippen LogP contribution in [0, 0.1) is 13.8 Å². The molecule has 31 heavy (non-hydrogen) atoms. The Kier molecular flexibility index (Phi) is 4.84. The molecule has 0 aliphatic heterocycles. The van der Waals surface area contributed by atoms with Crippen LogP contribution in [0.2, 0.25) is 0 Å². The van der Waals surface area contributed by atoms with E-state index in [2.05, 4.69) is 64.9 Å². The zero-order valence-electron chi connectivity index (χ0n) is 17.3. The van der Waals surface area contributed by atoms with Crippen molar-refractivity contribution in [1.82, 2.24) is 25.1 Å². The van der Waals surface area contributed by atoms with Gasteiger partial charge in [-0.25, -0.2) is 4.98 Å². The monoisotopic (exact) mass is 423 g/mol. The van der Waals surface area contributed by atoms with Crippen molar-refractivity contribution >= 4 is 27.9 Å². The van der Waals surface area contributed by atoms with Crippen molar-refractivity contribution in [1.29, 1.82) is 0 Å². The van der Waals surface area contributed by atoms with Gasteiger partial charge >= 0.3 is 0 Å². The van der Waals surface area contributed by atoms with Crippen molar-refractivity contribution < 1.29 is 0 Å². The largest absolute Gasteiger partial charge is 0.357 e. The minimum absolute atomic E-state index is 0.801. The van der Waals surface area contributed by atoms with Gasteiger partial charge in [0.05, 0.1) is 16.9 Å². The SMILES string of the molecule is C=C/C=C(/c1ccc(C)s1)c1cc(-c2n[nH]c3ccc(-c4cccnc4)nc23)[nH]c1C. The van der Waals surface area contributed by atoms with Crippen LogP contribution in [-0.4, -0.2) is 25.1 Å². The highest BCUT2D eigenvalue weighted by Gasteiger charge is 2.17. The molecule has 0 aliphatic rings. The second kappa shape index (κ2) is 7.81. The van der Waals surface area contributed by atoms with Gasteiger partial charge in [0.25, 0.3) is 0 Å². The van der Waals surface area contributed by atoms with E-state index in [4.69, 9.17) is 4.98 Å². The van der Waals surface area contributed by atoms with Gasteiger partial charge in [-0.3, -0.25) is 10.1 Å². The number of pyridine rings is 2. The van der Waals surface area contributed by atoms with Crippen LogP contribution in [0.4, 0.5) is 0 Å². The lowest BCUT2D eigenvalue weighted by molar-refractivity contribution is 1.11. The average Bonchev–Trinajstić information content (AvgIpc) is 3.50. The lowest BCUT2D eigenvalue weighted by Gasteiger charge is -2.03. The third-order valence-electron chi connectivity index (χ3n) is 5.22. The van der Waals surface area contributed by atoms with E-state index in [1.807, 2.05) is 36.5 Å². The Labute approximate surface area is 184 Å². The number of H-pyrrole nitrogens is 2. The number of allylic oxidation sites excluding steroid dienone is 2. The van der Waals surface area contributed by atoms with E-state index in [0.29, 0.717) is 0 Å². The Hall–Kier alpha value is -3.77. The number of fused-ring (bicyclic) bond motifs is 1. The highest BCUT2D eigenvalue weighted by atomic mass is 32.1. The molecule has 0 aromatic carbocycles. The van der Waals surface area contributed by atoms with Crippen LogP contribution >= 0.6 is 11.3 Å². The number of aromatic amines is 2. The van der Waals surface area contributed by atoms with Gasteiger partial charge in [-0.05, 0) is 56.3 Å². The maximum Gasteiger partial charge on any atom is 0.135 e. The Morgan fingerprint density at radius 3 is 2.77 bits per heavy atom. The molecule has 6 heteroatoms. The molecule has 0 amide bonds. The van der Waals surface area contributed by atoms with Gasteiger partial charge in [-0.15, -0.1) is 11.3 Å². The number of nitrogens with zero attached hydrogens (tertiary/aromatic N) is 3. The van der Waals surface area contributed by atoms with Crippen LogP contribution in [0.15, 0.2) is 73.6 Å². The molecule has 0 bridgehead atoms. The van der Waals surface area contributed by atoms with E-state index in [1.165, 1.54) is 9.75 Å². The van der Waals surface area contributed by atoms with Gasteiger partial charge < -0.3 is 4.98 Å². The standard InChI is InChI=1S/C25H21N5S/c1-4-6-18(23-11-8-15(2)31-23)19-13-22(27-16(19)3)25-24-21(29-30-25)10-9-20(28-24)17-7-5-12-26-14-17/h4-14,27H,1H2,2-3H3,(H,29,30)/b18-6+. The summed E-state index contributed by atoms with van der Waals surface area (Å²) in [4.78, 5) is 15.1. The Bertz CT molecular complexity index is 1420. The first-order chi connectivity index (χ1) is 15.1. The van der Waals surface area contributed by atoms with Crippen LogP contribution in [0.25, 0.3) is 39.3 Å². The number of rotatable bonds is 5. The third kappa shape index (κ3) is 3.51. The topological polar surface area (TPSA) is 70.2 Å². The molecule has 5 rings (SSSR count). The number of nitrogens with one attached hydrogen (secondary N) is 2. The molecular formula is C25H21N5S. The predicted octanol–water partition coefficient (Wildman–Crippen LogP) is 6.31. The highest BCUT2D eigenvalue weighted by Crippen LogP contribution is 2.35. The van der Waals surface area contributed by atoms with Crippen molar-refractivity contribution in [3.8, 4) is 22.6 Å². The second-order valence-electron chi connectivity index (χ2n) is 7.35. The minimum atomic E-state index is 0.801. The van der Waals surface area contributed by atoms with Gasteiger partial charge in [0.15, 0.2) is 0 Å². The summed E-state index contributed by atoms with van der Waals surface area (Å²) in [5.74, 6) is 0. The summed E-state index contributed by atoms with van der Waals surface area (Å²) in [5, 5.41) is 7.67. The predicted molar refractivity (Wildman–Crippen MR) is 128 cm³/mol. The van der Waals surface area contributed by atoms with E-state index in [1.54, 1.807) is 17.5 Å². The van der Waals surface area contributed by atoms with E-state index in [9.17, 15) is 0 Å². The molecule has 0 radical (unpaired) electrons. The molecular weight excluding hydrogens is 402 g/mol. The molecule has 5 aromatic rings. The quantitative estimate of drug-likeness (QED) is 0.325. The maximum atomic E-state index is 4.88. The Morgan fingerprint density at radius 2 is 2.03 bits per heavy atom. The Morgan fingerprint density at radius 1 is 1.13 bits per heavy atom. The molecule has 0 fully saturated rings. The van der Waals surface area contributed by atoms with Gasteiger partial charge in [-0.2, -0.15) is 5.10 Å². The molecule has 0 aliphatic carbocycles. The Balaban J connectivity index is 1.61. The van der Waals surface area contributed by atoms with Gasteiger partial charge in [0.1, 0.15) is 11.2 Å². The molecule has 0 spiro atoms. The molecule has 0 saturated heterocycles. The number of aromatic nitrogens is 5. The fraction of sp³-hybridized carbons (Fsp3) is 0.0800. The normalized spacial score (nSPS) is 11.9. The molecule has 0 unspecified atom stereocenters. The van der Waals surface area contributed by atoms with Crippen LogP contribution < -0.4 is 0 Å². The number of aryl methyl sites for hydroxylation is 2. The first-order valence-corrected chi connectivity index (χ1v) is 10.8. The van der Waals surface area contributed by atoms with Crippen LogP contribution in [0.3, 0.4) is 0 Å². The second-order valence-corrected chi connectivity index (χ2v) is 8.64. The molecule has 5 nitrogen and oxygen atoms in total. The minimum Gasteiger partial charge on any atom is -0.357 e. The smallest absolute Gasteiger partial charge is 0.135 e. The average molecular weight is 424 g/mol. The van der Waals surface area contributed by atoms with Crippen molar-refractivity contribution in [2.75, 3.05) is 0 Å². The van der Waals surface area contributed by atoms with Crippen LogP contribution in [-0.2, 0) is 0 Å². The van der Waals surface area contributed by atoms with Gasteiger partial charge in [-0.1, -0.05) is 18.7 Å². The number of hydrogen-bond acceptors (Lipinski definition) is 4.